The van der Waals surface area contributed by atoms with Crippen LogP contribution in [0.4, 0.5) is 0 Å². The van der Waals surface area contributed by atoms with E-state index in [0.29, 0.717) is 24.9 Å². The molecule has 2 aliphatic rings. The van der Waals surface area contributed by atoms with Crippen molar-refractivity contribution >= 4 is 17.7 Å². The van der Waals surface area contributed by atoms with Gasteiger partial charge < -0.3 is 15.5 Å². The Labute approximate surface area is 275 Å². The summed E-state index contributed by atoms with van der Waals surface area (Å²) in [4.78, 5) is 42.8. The summed E-state index contributed by atoms with van der Waals surface area (Å²) in [5, 5.41) is 6.41. The van der Waals surface area contributed by atoms with Crippen molar-refractivity contribution in [2.24, 2.45) is 10.8 Å². The number of rotatable bonds is 8. The molecule has 5 rings (SSSR count). The Bertz CT molecular complexity index is 1540. The maximum Gasteiger partial charge on any atom is 0.251 e. The van der Waals surface area contributed by atoms with Crippen LogP contribution in [0.15, 0.2) is 72.8 Å². The van der Waals surface area contributed by atoms with E-state index in [1.807, 2.05) is 54.3 Å². The average molecular weight is 622 g/mol. The van der Waals surface area contributed by atoms with Crippen molar-refractivity contribution < 1.29 is 14.4 Å². The summed E-state index contributed by atoms with van der Waals surface area (Å²) in [6.45, 7) is 14.9. The number of likely N-dealkylation sites (tertiary alicyclic amines) is 1. The summed E-state index contributed by atoms with van der Waals surface area (Å²) in [7, 11) is 0. The minimum Gasteiger partial charge on any atom is -0.351 e. The molecule has 0 spiro atoms. The molecular weight excluding hydrogens is 570 g/mol. The van der Waals surface area contributed by atoms with Gasteiger partial charge in [0, 0.05) is 30.6 Å². The number of amides is 3. The molecular formula is C40H51N3O3. The summed E-state index contributed by atoms with van der Waals surface area (Å²) < 4.78 is 0. The Balaban J connectivity index is 1.23. The quantitative estimate of drug-likeness (QED) is 0.270. The van der Waals surface area contributed by atoms with Crippen LogP contribution in [-0.2, 0) is 15.0 Å². The van der Waals surface area contributed by atoms with Gasteiger partial charge in [0.05, 0.1) is 0 Å². The predicted molar refractivity (Wildman–Crippen MR) is 185 cm³/mol. The lowest BCUT2D eigenvalue weighted by molar-refractivity contribution is -0.140. The summed E-state index contributed by atoms with van der Waals surface area (Å²) in [6, 6.07) is 23.4. The number of benzene rings is 3. The summed E-state index contributed by atoms with van der Waals surface area (Å²) >= 11 is 0. The van der Waals surface area contributed by atoms with Crippen molar-refractivity contribution in [2.75, 3.05) is 19.6 Å². The first kappa shape index (κ1) is 33.4. The first-order valence-electron chi connectivity index (χ1n) is 16.9. The largest absolute Gasteiger partial charge is 0.351 e. The van der Waals surface area contributed by atoms with Gasteiger partial charge in [0.25, 0.3) is 5.91 Å². The number of carbonyl (C=O) groups is 3. The highest BCUT2D eigenvalue weighted by molar-refractivity contribution is 6.01. The maximum absolute atomic E-state index is 13.8. The van der Waals surface area contributed by atoms with E-state index in [9.17, 15) is 14.4 Å². The molecule has 2 N–H and O–H groups in total. The van der Waals surface area contributed by atoms with Gasteiger partial charge in [0.2, 0.25) is 11.8 Å². The van der Waals surface area contributed by atoms with Crippen LogP contribution in [0.1, 0.15) is 106 Å². The highest BCUT2D eigenvalue weighted by Gasteiger charge is 2.43. The molecule has 1 saturated carbocycles. The van der Waals surface area contributed by atoms with Crippen LogP contribution >= 0.6 is 0 Å². The third-order valence-electron chi connectivity index (χ3n) is 10.4. The molecule has 0 aromatic heterocycles. The van der Waals surface area contributed by atoms with Crippen LogP contribution in [-0.4, -0.2) is 42.3 Å². The molecule has 1 aliphatic heterocycles. The van der Waals surface area contributed by atoms with Gasteiger partial charge in [-0.2, -0.15) is 0 Å². The predicted octanol–water partition coefficient (Wildman–Crippen LogP) is 7.76. The molecule has 6 heteroatoms. The lowest BCUT2D eigenvalue weighted by Gasteiger charge is -2.43. The second-order valence-electron chi connectivity index (χ2n) is 15.2. The standard InChI is InChI=1S/C40H51N3O3/c1-28-13-12-16-32(33(28)29-17-19-31(20-18-29)38(2,3)4)35(44)41-27-39(5)21-23-40(6,24-22-39)37(46)42-34(30-14-8-7-9-15-30)36(45)43-25-10-11-26-43/h7-9,12-20,34H,10-11,21-27H2,1-6H3,(H,41,44)(H,42,46)/t34-,39?,40?/m0/s1. The van der Waals surface area contributed by atoms with Crippen molar-refractivity contribution in [3.63, 3.8) is 0 Å². The van der Waals surface area contributed by atoms with Crippen molar-refractivity contribution in [1.29, 1.82) is 0 Å². The SMILES string of the molecule is Cc1cccc(C(=O)NCC2(C)CCC(C)(C(=O)N[C@H](C(=O)N3CCCC3)c3ccccc3)CC2)c1-c1ccc(C(C)(C)C)cc1. The fourth-order valence-electron chi connectivity index (χ4n) is 6.93. The van der Waals surface area contributed by atoms with Crippen molar-refractivity contribution in [3.05, 3.63) is 95.1 Å². The van der Waals surface area contributed by atoms with E-state index < -0.39 is 11.5 Å². The fourth-order valence-corrected chi connectivity index (χ4v) is 6.93. The van der Waals surface area contributed by atoms with Crippen molar-refractivity contribution in [1.82, 2.24) is 15.5 Å². The van der Waals surface area contributed by atoms with E-state index in [4.69, 9.17) is 0 Å². The molecule has 46 heavy (non-hydrogen) atoms. The van der Waals surface area contributed by atoms with Gasteiger partial charge in [0.15, 0.2) is 0 Å². The number of hydrogen-bond acceptors (Lipinski definition) is 3. The van der Waals surface area contributed by atoms with Crippen LogP contribution in [0.3, 0.4) is 0 Å². The minimum absolute atomic E-state index is 0.0235. The zero-order valence-corrected chi connectivity index (χ0v) is 28.5. The summed E-state index contributed by atoms with van der Waals surface area (Å²) in [6.07, 6.45) is 5.01. The molecule has 1 aliphatic carbocycles. The van der Waals surface area contributed by atoms with E-state index in [0.717, 1.165) is 61.0 Å². The highest BCUT2D eigenvalue weighted by Crippen LogP contribution is 2.45. The number of carbonyl (C=O) groups excluding carboxylic acids is 3. The van der Waals surface area contributed by atoms with Gasteiger partial charge in [-0.15, -0.1) is 0 Å². The van der Waals surface area contributed by atoms with E-state index >= 15 is 0 Å². The van der Waals surface area contributed by atoms with Crippen LogP contribution in [0.25, 0.3) is 11.1 Å². The van der Waals surface area contributed by atoms with Crippen LogP contribution < -0.4 is 10.6 Å². The van der Waals surface area contributed by atoms with Gasteiger partial charge in [-0.05, 0) is 90.2 Å². The Morgan fingerprint density at radius 2 is 1.46 bits per heavy atom. The third-order valence-corrected chi connectivity index (χ3v) is 10.4. The van der Waals surface area contributed by atoms with Crippen molar-refractivity contribution in [3.8, 4) is 11.1 Å². The number of nitrogens with zero attached hydrogens (tertiary/aromatic N) is 1. The second kappa shape index (κ2) is 13.4. The molecule has 0 bridgehead atoms. The molecule has 1 saturated heterocycles. The second-order valence-corrected chi connectivity index (χ2v) is 15.2. The molecule has 0 unspecified atom stereocenters. The monoisotopic (exact) mass is 621 g/mol. The first-order valence-corrected chi connectivity index (χ1v) is 16.9. The zero-order chi connectivity index (χ0) is 33.1. The Morgan fingerprint density at radius 3 is 2.07 bits per heavy atom. The molecule has 1 atom stereocenters. The van der Waals surface area contributed by atoms with Crippen LogP contribution in [0, 0.1) is 17.8 Å². The molecule has 244 valence electrons. The lowest BCUT2D eigenvalue weighted by Crippen LogP contribution is -2.49. The zero-order valence-electron chi connectivity index (χ0n) is 28.5. The molecule has 1 heterocycles. The first-order chi connectivity index (χ1) is 21.8. The molecule has 2 fully saturated rings. The van der Waals surface area contributed by atoms with Crippen molar-refractivity contribution in [2.45, 2.75) is 91.5 Å². The third kappa shape index (κ3) is 7.37. The fraction of sp³-hybridized carbons (Fsp3) is 0.475. The number of hydrogen-bond donors (Lipinski definition) is 2. The highest BCUT2D eigenvalue weighted by atomic mass is 16.2. The van der Waals surface area contributed by atoms with E-state index in [1.54, 1.807) is 0 Å². The van der Waals surface area contributed by atoms with E-state index in [1.165, 1.54) is 5.56 Å². The minimum atomic E-state index is -0.676. The Hall–Kier alpha value is -3.93. The summed E-state index contributed by atoms with van der Waals surface area (Å²) in [5.74, 6) is -0.163. The number of aryl methyl sites for hydroxylation is 1. The average Bonchev–Trinajstić information content (AvgIpc) is 3.59. The van der Waals surface area contributed by atoms with Gasteiger partial charge in [-0.1, -0.05) is 101 Å². The van der Waals surface area contributed by atoms with Crippen LogP contribution in [0.5, 0.6) is 0 Å². The number of nitrogens with one attached hydrogen (secondary N) is 2. The smallest absolute Gasteiger partial charge is 0.251 e. The molecule has 3 amide bonds. The van der Waals surface area contributed by atoms with E-state index in [2.05, 4.69) is 75.6 Å². The Kier molecular flexibility index (Phi) is 9.76. The molecule has 6 nitrogen and oxygen atoms in total. The van der Waals surface area contributed by atoms with Crippen LogP contribution in [0.2, 0.25) is 0 Å². The van der Waals surface area contributed by atoms with Gasteiger partial charge in [-0.3, -0.25) is 14.4 Å². The summed E-state index contributed by atoms with van der Waals surface area (Å²) in [5.41, 5.74) is 5.19. The molecule has 0 radical (unpaired) electrons. The lowest BCUT2D eigenvalue weighted by atomic mass is 9.64. The van der Waals surface area contributed by atoms with Gasteiger partial charge in [-0.25, -0.2) is 0 Å². The van der Waals surface area contributed by atoms with E-state index in [-0.39, 0.29) is 28.6 Å². The van der Waals surface area contributed by atoms with Gasteiger partial charge >= 0.3 is 0 Å². The topological polar surface area (TPSA) is 78.5 Å². The van der Waals surface area contributed by atoms with Gasteiger partial charge in [0.1, 0.15) is 6.04 Å². The maximum atomic E-state index is 13.8. The molecule has 3 aromatic rings. The normalized spacial score (nSPS) is 22.3. The Morgan fingerprint density at radius 1 is 0.826 bits per heavy atom. The molecule has 3 aromatic carbocycles.